The first kappa shape index (κ1) is 13.4. The highest BCUT2D eigenvalue weighted by Crippen LogP contribution is 2.20. The first-order chi connectivity index (χ1) is 8.69. The number of nitrogens with two attached hydrogens (primary N) is 1. The van der Waals surface area contributed by atoms with Crippen LogP contribution in [0.1, 0.15) is 25.8 Å². The molecular formula is C15H24N2O. The quantitative estimate of drug-likeness (QED) is 0.868. The summed E-state index contributed by atoms with van der Waals surface area (Å²) in [5.41, 5.74) is 7.36. The van der Waals surface area contributed by atoms with Crippen LogP contribution in [0.5, 0.6) is 5.75 Å². The number of likely N-dealkylation sites (tertiary alicyclic amines) is 1. The Balaban J connectivity index is 1.93. The highest BCUT2D eigenvalue weighted by atomic mass is 16.5. The van der Waals surface area contributed by atoms with E-state index in [1.165, 1.54) is 5.56 Å². The Morgan fingerprint density at radius 1 is 1.39 bits per heavy atom. The smallest absolute Gasteiger partial charge is 0.119 e. The molecule has 1 fully saturated rings. The van der Waals surface area contributed by atoms with E-state index in [0.29, 0.717) is 12.0 Å². The van der Waals surface area contributed by atoms with Crippen LogP contribution in [0.4, 0.5) is 0 Å². The fourth-order valence-electron chi connectivity index (χ4n) is 2.44. The van der Waals surface area contributed by atoms with Gasteiger partial charge < -0.3 is 10.5 Å². The molecule has 3 heteroatoms. The first-order valence-corrected chi connectivity index (χ1v) is 6.88. The van der Waals surface area contributed by atoms with Crippen molar-refractivity contribution in [2.75, 3.05) is 19.7 Å². The second-order valence-corrected chi connectivity index (χ2v) is 5.33. The lowest BCUT2D eigenvalue weighted by Gasteiger charge is -2.16. The predicted molar refractivity (Wildman–Crippen MR) is 74.6 cm³/mol. The average Bonchev–Trinajstić information content (AvgIpc) is 2.66. The minimum absolute atomic E-state index is 0.324. The van der Waals surface area contributed by atoms with Crippen molar-refractivity contribution >= 4 is 0 Å². The Labute approximate surface area is 110 Å². The molecule has 1 aromatic carbocycles. The van der Waals surface area contributed by atoms with Crippen LogP contribution in [0.2, 0.25) is 0 Å². The zero-order valence-corrected chi connectivity index (χ0v) is 11.4. The monoisotopic (exact) mass is 248 g/mol. The van der Waals surface area contributed by atoms with Crippen LogP contribution in [0.25, 0.3) is 0 Å². The fourth-order valence-corrected chi connectivity index (χ4v) is 2.44. The summed E-state index contributed by atoms with van der Waals surface area (Å²) in [6.45, 7) is 8.21. The van der Waals surface area contributed by atoms with Crippen LogP contribution in [0.3, 0.4) is 0 Å². The van der Waals surface area contributed by atoms with Gasteiger partial charge in [-0.3, -0.25) is 4.90 Å². The number of ether oxygens (including phenoxy) is 1. The summed E-state index contributed by atoms with van der Waals surface area (Å²) in [5, 5.41) is 0. The van der Waals surface area contributed by atoms with Crippen LogP contribution in [-0.2, 0) is 6.54 Å². The normalized spacial score (nSPS) is 24.4. The summed E-state index contributed by atoms with van der Waals surface area (Å²) in [6.07, 6.45) is 1.04. The lowest BCUT2D eigenvalue weighted by Crippen LogP contribution is -2.28. The van der Waals surface area contributed by atoms with Crippen LogP contribution in [0.15, 0.2) is 24.3 Å². The number of hydrogen-bond donors (Lipinski definition) is 1. The highest BCUT2D eigenvalue weighted by Gasteiger charge is 2.26. The minimum Gasteiger partial charge on any atom is -0.494 e. The lowest BCUT2D eigenvalue weighted by molar-refractivity contribution is 0.309. The molecular weight excluding hydrogens is 224 g/mol. The number of benzene rings is 1. The Hall–Kier alpha value is -1.06. The molecule has 2 rings (SSSR count). The Kier molecular flexibility index (Phi) is 4.61. The van der Waals surface area contributed by atoms with E-state index in [2.05, 4.69) is 36.9 Å². The molecule has 2 atom stereocenters. The molecule has 0 radical (unpaired) electrons. The van der Waals surface area contributed by atoms with E-state index in [1.54, 1.807) is 0 Å². The second-order valence-electron chi connectivity index (χ2n) is 5.33. The molecule has 1 aromatic rings. The van der Waals surface area contributed by atoms with Gasteiger partial charge in [0.1, 0.15) is 5.75 Å². The van der Waals surface area contributed by atoms with Gasteiger partial charge in [0.2, 0.25) is 0 Å². The van der Waals surface area contributed by atoms with Crippen molar-refractivity contribution in [3.8, 4) is 5.75 Å². The minimum atomic E-state index is 0.324. The predicted octanol–water partition coefficient (Wildman–Crippen LogP) is 2.25. The van der Waals surface area contributed by atoms with E-state index in [-0.39, 0.29) is 0 Å². The molecule has 0 bridgehead atoms. The average molecular weight is 248 g/mol. The molecule has 100 valence electrons. The summed E-state index contributed by atoms with van der Waals surface area (Å²) in [5.74, 6) is 1.58. The molecule has 1 aliphatic heterocycles. The maximum Gasteiger partial charge on any atom is 0.119 e. The molecule has 1 aliphatic rings. The molecule has 18 heavy (non-hydrogen) atoms. The van der Waals surface area contributed by atoms with Gasteiger partial charge in [-0.1, -0.05) is 26.0 Å². The molecule has 0 amide bonds. The van der Waals surface area contributed by atoms with E-state index in [4.69, 9.17) is 10.5 Å². The largest absolute Gasteiger partial charge is 0.494 e. The third-order valence-corrected chi connectivity index (χ3v) is 3.52. The Morgan fingerprint density at radius 2 is 2.22 bits per heavy atom. The molecule has 0 aliphatic carbocycles. The van der Waals surface area contributed by atoms with E-state index < -0.39 is 0 Å². The van der Waals surface area contributed by atoms with Crippen molar-refractivity contribution in [3.05, 3.63) is 29.8 Å². The van der Waals surface area contributed by atoms with Gasteiger partial charge in [0.05, 0.1) is 6.61 Å². The molecule has 3 nitrogen and oxygen atoms in total. The zero-order valence-electron chi connectivity index (χ0n) is 11.4. The van der Waals surface area contributed by atoms with E-state index >= 15 is 0 Å². The first-order valence-electron chi connectivity index (χ1n) is 6.88. The maximum absolute atomic E-state index is 6.05. The zero-order chi connectivity index (χ0) is 13.0. The summed E-state index contributed by atoms with van der Waals surface area (Å²) < 4.78 is 5.66. The van der Waals surface area contributed by atoms with Gasteiger partial charge in [0.25, 0.3) is 0 Å². The maximum atomic E-state index is 6.05. The number of rotatable bonds is 5. The number of nitrogens with zero attached hydrogens (tertiary/aromatic N) is 1. The van der Waals surface area contributed by atoms with E-state index in [0.717, 1.165) is 38.4 Å². The van der Waals surface area contributed by atoms with Crippen molar-refractivity contribution in [3.63, 3.8) is 0 Å². The molecule has 2 unspecified atom stereocenters. The van der Waals surface area contributed by atoms with Crippen molar-refractivity contribution in [1.29, 1.82) is 0 Å². The summed E-state index contributed by atoms with van der Waals surface area (Å²) in [7, 11) is 0. The molecule has 0 aromatic heterocycles. The summed E-state index contributed by atoms with van der Waals surface area (Å²) in [4.78, 5) is 2.42. The third kappa shape index (κ3) is 3.47. The second kappa shape index (κ2) is 6.21. The molecule has 0 spiro atoms. The Bertz CT molecular complexity index is 371. The Morgan fingerprint density at radius 3 is 2.89 bits per heavy atom. The molecule has 1 heterocycles. The summed E-state index contributed by atoms with van der Waals surface area (Å²) in [6, 6.07) is 8.72. The van der Waals surface area contributed by atoms with Crippen molar-refractivity contribution in [1.82, 2.24) is 4.90 Å². The van der Waals surface area contributed by atoms with Gasteiger partial charge in [-0.2, -0.15) is 0 Å². The highest BCUT2D eigenvalue weighted by molar-refractivity contribution is 5.28. The molecule has 0 saturated carbocycles. The molecule has 2 N–H and O–H groups in total. The number of hydrogen-bond acceptors (Lipinski definition) is 3. The molecule has 1 saturated heterocycles. The topological polar surface area (TPSA) is 38.5 Å². The lowest BCUT2D eigenvalue weighted by atomic mass is 10.1. The van der Waals surface area contributed by atoms with Crippen LogP contribution < -0.4 is 10.5 Å². The third-order valence-electron chi connectivity index (χ3n) is 3.52. The van der Waals surface area contributed by atoms with E-state index in [9.17, 15) is 0 Å². The van der Waals surface area contributed by atoms with Gasteiger partial charge in [-0.25, -0.2) is 0 Å². The van der Waals surface area contributed by atoms with Crippen LogP contribution >= 0.6 is 0 Å². The SMILES string of the molecule is CCCOc1cccc(CN2CC(C)C(N)C2)c1. The standard InChI is InChI=1S/C15H24N2O/c1-3-7-18-14-6-4-5-13(8-14)10-17-9-12(2)15(16)11-17/h4-6,8,12,15H,3,7,9-11,16H2,1-2H3. The van der Waals surface area contributed by atoms with Gasteiger partial charge in [0, 0.05) is 25.7 Å². The van der Waals surface area contributed by atoms with Gasteiger partial charge in [0.15, 0.2) is 0 Å². The summed E-state index contributed by atoms with van der Waals surface area (Å²) >= 11 is 0. The van der Waals surface area contributed by atoms with Crippen molar-refractivity contribution < 1.29 is 4.74 Å². The van der Waals surface area contributed by atoms with E-state index in [1.807, 2.05) is 6.07 Å². The van der Waals surface area contributed by atoms with Gasteiger partial charge >= 0.3 is 0 Å². The fraction of sp³-hybridized carbons (Fsp3) is 0.600. The van der Waals surface area contributed by atoms with Crippen molar-refractivity contribution in [2.24, 2.45) is 11.7 Å². The van der Waals surface area contributed by atoms with Crippen LogP contribution in [0, 0.1) is 5.92 Å². The van der Waals surface area contributed by atoms with Crippen LogP contribution in [-0.4, -0.2) is 30.6 Å². The van der Waals surface area contributed by atoms with Gasteiger partial charge in [-0.15, -0.1) is 0 Å². The van der Waals surface area contributed by atoms with Crippen molar-refractivity contribution in [2.45, 2.75) is 32.9 Å². The van der Waals surface area contributed by atoms with Gasteiger partial charge in [-0.05, 0) is 30.0 Å².